The van der Waals surface area contributed by atoms with Crippen LogP contribution in [0, 0.1) is 13.8 Å². The van der Waals surface area contributed by atoms with Gasteiger partial charge in [-0.15, -0.1) is 0 Å². The number of hydrogen-bond acceptors (Lipinski definition) is 6. The molecule has 0 aliphatic carbocycles. The first-order valence-corrected chi connectivity index (χ1v) is 11.5. The minimum Gasteiger partial charge on any atom is -0.493 e. The second kappa shape index (κ2) is 10.3. The van der Waals surface area contributed by atoms with Gasteiger partial charge in [0.05, 0.1) is 25.6 Å². The third-order valence-electron chi connectivity index (χ3n) is 6.19. The Morgan fingerprint density at radius 3 is 2.53 bits per heavy atom. The molecule has 1 aliphatic rings. The zero-order valence-electron chi connectivity index (χ0n) is 20.6. The highest BCUT2D eigenvalue weighted by Gasteiger charge is 2.22. The molecule has 34 heavy (non-hydrogen) atoms. The Kier molecular flexibility index (Phi) is 7.19. The van der Waals surface area contributed by atoms with Gasteiger partial charge in [0.15, 0.2) is 11.5 Å². The number of benzene rings is 2. The molecular weight excluding hydrogens is 430 g/mol. The molecule has 0 saturated heterocycles. The normalized spacial score (nSPS) is 12.9. The molecule has 1 aliphatic heterocycles. The average molecular weight is 464 g/mol. The number of methoxy groups -OCH3 is 2. The second-order valence-electron chi connectivity index (χ2n) is 8.52. The van der Waals surface area contributed by atoms with Gasteiger partial charge in [0.25, 0.3) is 0 Å². The van der Waals surface area contributed by atoms with E-state index < -0.39 is 0 Å². The van der Waals surface area contributed by atoms with Crippen LogP contribution >= 0.6 is 0 Å². The zero-order valence-corrected chi connectivity index (χ0v) is 20.6. The lowest BCUT2D eigenvalue weighted by Gasteiger charge is -2.24. The molecule has 8 nitrogen and oxygen atoms in total. The van der Waals surface area contributed by atoms with Crippen molar-refractivity contribution in [1.29, 1.82) is 0 Å². The minimum absolute atomic E-state index is 0.0623. The van der Waals surface area contributed by atoms with E-state index in [1.54, 1.807) is 18.8 Å². The Bertz CT molecular complexity index is 1320. The van der Waals surface area contributed by atoms with Gasteiger partial charge in [-0.2, -0.15) is 0 Å². The fourth-order valence-corrected chi connectivity index (χ4v) is 4.42. The topological polar surface area (TPSA) is 81.8 Å². The third-order valence-corrected chi connectivity index (χ3v) is 6.19. The smallest absolute Gasteiger partial charge is 0.330 e. The van der Waals surface area contributed by atoms with E-state index in [2.05, 4.69) is 23.6 Å². The minimum atomic E-state index is -0.0623. The first-order chi connectivity index (χ1) is 16.5. The molecule has 2 N–H and O–H groups in total. The van der Waals surface area contributed by atoms with Gasteiger partial charge in [0.2, 0.25) is 0 Å². The van der Waals surface area contributed by atoms with E-state index in [0.29, 0.717) is 43.3 Å². The lowest BCUT2D eigenvalue weighted by molar-refractivity contribution is 0.354. The van der Waals surface area contributed by atoms with Crippen molar-refractivity contribution in [3.63, 3.8) is 0 Å². The van der Waals surface area contributed by atoms with Crippen molar-refractivity contribution >= 4 is 5.69 Å². The average Bonchev–Trinajstić information content (AvgIpc) is 2.83. The van der Waals surface area contributed by atoms with Gasteiger partial charge in [-0.25, -0.2) is 9.79 Å². The Labute approximate surface area is 199 Å². The standard InChI is InChI=1S/C26H33N5O3/c1-17-6-7-21(18(2)12-17)29-25-15-22-20-14-24(34-5)23(33-4)13-19(20)8-10-30(22)26(32)31(25)11-9-28-16-27-3/h6-7,12-15,27-28H,8-11,16H2,1-5H3. The molecular formula is C26H33N5O3. The summed E-state index contributed by atoms with van der Waals surface area (Å²) in [6, 6.07) is 12.1. The van der Waals surface area contributed by atoms with Crippen LogP contribution in [0.1, 0.15) is 16.7 Å². The van der Waals surface area contributed by atoms with Gasteiger partial charge in [-0.3, -0.25) is 9.13 Å². The summed E-state index contributed by atoms with van der Waals surface area (Å²) >= 11 is 0. The zero-order chi connectivity index (χ0) is 24.2. The predicted octanol–water partition coefficient (Wildman–Crippen LogP) is 2.51. The van der Waals surface area contributed by atoms with Crippen LogP contribution in [0.25, 0.3) is 11.3 Å². The van der Waals surface area contributed by atoms with Crippen LogP contribution in [0.15, 0.2) is 46.2 Å². The van der Waals surface area contributed by atoms with Crippen LogP contribution in [-0.4, -0.2) is 43.6 Å². The van der Waals surface area contributed by atoms with Gasteiger partial charge in [-0.05, 0) is 56.6 Å². The van der Waals surface area contributed by atoms with Gasteiger partial charge in [0.1, 0.15) is 5.49 Å². The number of ether oxygens (including phenoxy) is 2. The fraction of sp³-hybridized carbons (Fsp3) is 0.385. The molecule has 0 unspecified atom stereocenters. The van der Waals surface area contributed by atoms with Crippen LogP contribution in [0.4, 0.5) is 5.69 Å². The number of hydrogen-bond donors (Lipinski definition) is 2. The summed E-state index contributed by atoms with van der Waals surface area (Å²) in [5.74, 6) is 1.34. The van der Waals surface area contributed by atoms with Gasteiger partial charge >= 0.3 is 5.69 Å². The van der Waals surface area contributed by atoms with Crippen molar-refractivity contribution in [2.75, 3.05) is 34.5 Å². The monoisotopic (exact) mass is 463 g/mol. The Morgan fingerprint density at radius 1 is 1.06 bits per heavy atom. The summed E-state index contributed by atoms with van der Waals surface area (Å²) < 4.78 is 14.6. The third kappa shape index (κ3) is 4.64. The first-order valence-electron chi connectivity index (χ1n) is 11.5. The van der Waals surface area contributed by atoms with Crippen LogP contribution < -0.4 is 31.3 Å². The Hall–Kier alpha value is -3.36. The van der Waals surface area contributed by atoms with Gasteiger partial charge < -0.3 is 20.1 Å². The molecule has 180 valence electrons. The van der Waals surface area contributed by atoms with Gasteiger partial charge in [0, 0.05) is 37.9 Å². The molecule has 0 amide bonds. The number of rotatable bonds is 8. The summed E-state index contributed by atoms with van der Waals surface area (Å²) in [5, 5.41) is 6.36. The Morgan fingerprint density at radius 2 is 1.82 bits per heavy atom. The quantitative estimate of drug-likeness (QED) is 0.396. The molecule has 4 rings (SSSR count). The van der Waals surface area contributed by atoms with Crippen LogP contribution in [0.3, 0.4) is 0 Å². The number of nitrogens with zero attached hydrogens (tertiary/aromatic N) is 3. The fourth-order valence-electron chi connectivity index (χ4n) is 4.42. The number of fused-ring (bicyclic) bond motifs is 3. The van der Waals surface area contributed by atoms with Crippen molar-refractivity contribution in [2.24, 2.45) is 4.99 Å². The second-order valence-corrected chi connectivity index (χ2v) is 8.52. The summed E-state index contributed by atoms with van der Waals surface area (Å²) in [6.07, 6.45) is 0.744. The molecule has 1 aromatic heterocycles. The van der Waals surface area contributed by atoms with Crippen LogP contribution in [0.2, 0.25) is 0 Å². The lowest BCUT2D eigenvalue weighted by Crippen LogP contribution is -2.44. The van der Waals surface area contributed by atoms with E-state index >= 15 is 0 Å². The van der Waals surface area contributed by atoms with Crippen LogP contribution in [0.5, 0.6) is 11.5 Å². The molecule has 2 aromatic carbocycles. The van der Waals surface area contributed by atoms with Crippen molar-refractivity contribution in [1.82, 2.24) is 19.8 Å². The highest BCUT2D eigenvalue weighted by atomic mass is 16.5. The lowest BCUT2D eigenvalue weighted by atomic mass is 9.97. The van der Waals surface area contributed by atoms with E-state index in [9.17, 15) is 4.79 Å². The molecule has 0 radical (unpaired) electrons. The van der Waals surface area contributed by atoms with Crippen molar-refractivity contribution in [3.8, 4) is 22.8 Å². The summed E-state index contributed by atoms with van der Waals surface area (Å²) in [7, 11) is 5.14. The van der Waals surface area contributed by atoms with E-state index in [1.165, 1.54) is 5.56 Å². The van der Waals surface area contributed by atoms with Crippen molar-refractivity contribution < 1.29 is 9.47 Å². The largest absolute Gasteiger partial charge is 0.493 e. The van der Waals surface area contributed by atoms with E-state index in [-0.39, 0.29) is 5.69 Å². The SMILES string of the molecule is CNCNCCn1c(=Nc2ccc(C)cc2C)cc2n(c1=O)CCc1cc(OC)c(OC)cc1-2. The summed E-state index contributed by atoms with van der Waals surface area (Å²) in [6.45, 7) is 6.55. The number of aromatic nitrogens is 2. The van der Waals surface area contributed by atoms with Crippen molar-refractivity contribution in [2.45, 2.75) is 33.4 Å². The summed E-state index contributed by atoms with van der Waals surface area (Å²) in [5.41, 5.74) is 6.63. The number of aryl methyl sites for hydroxylation is 3. The molecule has 3 aromatic rings. The highest BCUT2D eigenvalue weighted by Crippen LogP contribution is 2.37. The highest BCUT2D eigenvalue weighted by molar-refractivity contribution is 5.70. The number of nitrogens with one attached hydrogen (secondary N) is 2. The predicted molar refractivity (Wildman–Crippen MR) is 134 cm³/mol. The maximum atomic E-state index is 13.7. The maximum Gasteiger partial charge on any atom is 0.330 e. The molecule has 8 heteroatoms. The molecule has 0 saturated carbocycles. The summed E-state index contributed by atoms with van der Waals surface area (Å²) in [4.78, 5) is 18.6. The van der Waals surface area contributed by atoms with Crippen LogP contribution in [-0.2, 0) is 19.5 Å². The molecule has 0 atom stereocenters. The van der Waals surface area contributed by atoms with Gasteiger partial charge in [-0.1, -0.05) is 17.7 Å². The van der Waals surface area contributed by atoms with Crippen molar-refractivity contribution in [3.05, 3.63) is 69.1 Å². The molecule has 2 heterocycles. The van der Waals surface area contributed by atoms with E-state index in [0.717, 1.165) is 34.5 Å². The van der Waals surface area contributed by atoms with E-state index in [1.807, 2.05) is 48.9 Å². The molecule has 0 fully saturated rings. The maximum absolute atomic E-state index is 13.7. The molecule has 0 bridgehead atoms. The molecule has 0 spiro atoms. The van der Waals surface area contributed by atoms with E-state index in [4.69, 9.17) is 14.5 Å². The Balaban J connectivity index is 1.92. The first kappa shape index (κ1) is 23.8.